The largest absolute Gasteiger partial charge is 0.507 e. The predicted molar refractivity (Wildman–Crippen MR) is 137 cm³/mol. The van der Waals surface area contributed by atoms with Gasteiger partial charge in [-0.15, -0.1) is 0 Å². The molecule has 0 unspecified atom stereocenters. The number of hydrogen-bond acceptors (Lipinski definition) is 8. The van der Waals surface area contributed by atoms with Gasteiger partial charge >= 0.3 is 11.9 Å². The second kappa shape index (κ2) is 9.93. The van der Waals surface area contributed by atoms with Crippen molar-refractivity contribution in [1.82, 2.24) is 4.98 Å². The van der Waals surface area contributed by atoms with E-state index < -0.39 is 23.7 Å². The fourth-order valence-electron chi connectivity index (χ4n) is 3.98. The summed E-state index contributed by atoms with van der Waals surface area (Å²) in [6.07, 6.45) is 0. The molecule has 0 bridgehead atoms. The molecule has 4 rings (SSSR count). The number of aryl methyl sites for hydroxylation is 2. The van der Waals surface area contributed by atoms with Crippen LogP contribution in [0, 0.1) is 13.8 Å². The number of amides is 1. The topological polar surface area (TPSA) is 106 Å². The van der Waals surface area contributed by atoms with E-state index in [2.05, 4.69) is 4.98 Å². The molecule has 1 aliphatic heterocycles. The summed E-state index contributed by atoms with van der Waals surface area (Å²) in [5.74, 6) is -2.22. The van der Waals surface area contributed by atoms with Crippen molar-refractivity contribution in [2.45, 2.75) is 19.9 Å². The van der Waals surface area contributed by atoms with Gasteiger partial charge in [-0.3, -0.25) is 14.5 Å². The van der Waals surface area contributed by atoms with Crippen molar-refractivity contribution in [2.24, 2.45) is 0 Å². The summed E-state index contributed by atoms with van der Waals surface area (Å²) in [6.45, 7) is 3.38. The van der Waals surface area contributed by atoms with E-state index in [0.717, 1.165) is 21.8 Å². The number of rotatable bonds is 5. The normalized spacial score (nSPS) is 16.9. The molecule has 2 heterocycles. The molecule has 2 aromatic carbocycles. The molecule has 1 fully saturated rings. The van der Waals surface area contributed by atoms with Crippen LogP contribution in [0.5, 0.6) is 5.75 Å². The number of aliphatic hydroxyl groups excluding tert-OH is 1. The third-order valence-corrected chi connectivity index (χ3v) is 7.61. The van der Waals surface area contributed by atoms with Crippen molar-refractivity contribution < 1.29 is 29.0 Å². The van der Waals surface area contributed by atoms with E-state index >= 15 is 0 Å². The first kappa shape index (κ1) is 25.7. The smallest absolute Gasteiger partial charge is 0.350 e. The number of anilines is 1. The van der Waals surface area contributed by atoms with Crippen LogP contribution in [0.15, 0.2) is 42.0 Å². The van der Waals surface area contributed by atoms with Gasteiger partial charge in [0.05, 0.1) is 41.6 Å². The number of ketones is 1. The second-order valence-corrected chi connectivity index (χ2v) is 9.72. The molecule has 11 heteroatoms. The van der Waals surface area contributed by atoms with Crippen LogP contribution >= 0.6 is 34.5 Å². The third-order valence-electron chi connectivity index (χ3n) is 5.73. The van der Waals surface area contributed by atoms with Crippen molar-refractivity contribution >= 4 is 63.1 Å². The lowest BCUT2D eigenvalue weighted by atomic mass is 9.95. The molecule has 36 heavy (non-hydrogen) atoms. The number of aromatic nitrogens is 1. The van der Waals surface area contributed by atoms with Gasteiger partial charge in [-0.2, -0.15) is 0 Å². The molecule has 186 valence electrons. The number of thiazole rings is 1. The van der Waals surface area contributed by atoms with Crippen LogP contribution in [-0.2, 0) is 14.3 Å². The molecule has 1 N–H and O–H groups in total. The minimum absolute atomic E-state index is 0.0935. The van der Waals surface area contributed by atoms with E-state index in [9.17, 15) is 19.5 Å². The lowest BCUT2D eigenvalue weighted by Crippen LogP contribution is -2.29. The minimum atomic E-state index is -1.08. The molecule has 1 atom stereocenters. The van der Waals surface area contributed by atoms with Gasteiger partial charge < -0.3 is 14.6 Å². The summed E-state index contributed by atoms with van der Waals surface area (Å²) in [5.41, 5.74) is 1.64. The van der Waals surface area contributed by atoms with Gasteiger partial charge in [-0.05, 0) is 55.3 Å². The maximum atomic E-state index is 13.3. The molecule has 1 amide bonds. The van der Waals surface area contributed by atoms with Gasteiger partial charge in [-0.1, -0.05) is 40.6 Å². The molecule has 1 aliphatic rings. The maximum Gasteiger partial charge on any atom is 0.350 e. The monoisotopic (exact) mass is 546 g/mol. The maximum absolute atomic E-state index is 13.3. The molecule has 0 spiro atoms. The number of benzene rings is 2. The molecule has 3 aromatic rings. The van der Waals surface area contributed by atoms with Gasteiger partial charge in [0.15, 0.2) is 5.13 Å². The fourth-order valence-corrected chi connectivity index (χ4v) is 5.29. The van der Waals surface area contributed by atoms with Crippen LogP contribution in [0.4, 0.5) is 5.13 Å². The third kappa shape index (κ3) is 4.34. The number of Topliss-reactive ketones (excluding diaryl/α,β-unsaturated/α-hetero) is 1. The summed E-state index contributed by atoms with van der Waals surface area (Å²) < 4.78 is 10.1. The lowest BCUT2D eigenvalue weighted by Gasteiger charge is -2.23. The zero-order valence-electron chi connectivity index (χ0n) is 19.6. The number of nitrogens with zero attached hydrogens (tertiary/aromatic N) is 2. The molecular formula is C25H20Cl2N2O6S. The lowest BCUT2D eigenvalue weighted by molar-refractivity contribution is -0.132. The van der Waals surface area contributed by atoms with Crippen LogP contribution < -0.4 is 9.64 Å². The zero-order chi connectivity index (χ0) is 26.3. The molecule has 1 aromatic heterocycles. The molecule has 0 saturated carbocycles. The van der Waals surface area contributed by atoms with Crippen molar-refractivity contribution in [3.05, 3.63) is 79.3 Å². The number of esters is 1. The first-order valence-electron chi connectivity index (χ1n) is 10.6. The van der Waals surface area contributed by atoms with E-state index in [1.165, 1.54) is 26.4 Å². The number of hydrogen-bond donors (Lipinski definition) is 1. The molecule has 0 radical (unpaired) electrons. The predicted octanol–water partition coefficient (Wildman–Crippen LogP) is 5.49. The first-order valence-corrected chi connectivity index (χ1v) is 12.1. The Morgan fingerprint density at radius 2 is 1.81 bits per heavy atom. The Morgan fingerprint density at radius 3 is 2.42 bits per heavy atom. The standard InChI is InChI=1S/C25H20Cl2N2O6S/c1-11-9-14(6-8-17(11)34-3)20(30)18-19(13-5-7-15(26)16(27)10-13)29(23(32)21(18)31)25-28-12(2)22(36-25)24(33)35-4/h5-10,19,30H,1-4H3/b20-18+/t19-/m0/s1. The number of halogens is 2. The Labute approximate surface area is 220 Å². The Morgan fingerprint density at radius 1 is 1.08 bits per heavy atom. The fraction of sp³-hybridized carbons (Fsp3) is 0.200. The van der Waals surface area contributed by atoms with E-state index in [1.54, 1.807) is 38.1 Å². The highest BCUT2D eigenvalue weighted by atomic mass is 35.5. The van der Waals surface area contributed by atoms with E-state index in [1.807, 2.05) is 0 Å². The number of carbonyl (C=O) groups excluding carboxylic acids is 3. The van der Waals surface area contributed by atoms with Crippen LogP contribution in [0.2, 0.25) is 10.0 Å². The van der Waals surface area contributed by atoms with E-state index in [4.69, 9.17) is 32.7 Å². The van der Waals surface area contributed by atoms with Gasteiger partial charge in [0.2, 0.25) is 0 Å². The van der Waals surface area contributed by atoms with Gasteiger partial charge in [0.1, 0.15) is 16.4 Å². The van der Waals surface area contributed by atoms with E-state index in [-0.39, 0.29) is 31.4 Å². The Kier molecular flexibility index (Phi) is 7.08. The number of carbonyl (C=O) groups is 3. The number of aliphatic hydroxyl groups is 1. The van der Waals surface area contributed by atoms with Gasteiger partial charge in [0, 0.05) is 5.56 Å². The quantitative estimate of drug-likeness (QED) is 0.195. The first-order chi connectivity index (χ1) is 17.1. The SMILES string of the molecule is COC(=O)c1sc(N2C(=O)C(=O)/C(=C(/O)c3ccc(OC)c(C)c3)[C@@H]2c2ccc(Cl)c(Cl)c2)nc1C. The van der Waals surface area contributed by atoms with Crippen molar-refractivity contribution in [3.63, 3.8) is 0 Å². The minimum Gasteiger partial charge on any atom is -0.507 e. The summed E-state index contributed by atoms with van der Waals surface area (Å²) >= 11 is 13.3. The average Bonchev–Trinajstić information content (AvgIpc) is 3.36. The number of methoxy groups -OCH3 is 2. The van der Waals surface area contributed by atoms with Crippen molar-refractivity contribution in [2.75, 3.05) is 19.1 Å². The van der Waals surface area contributed by atoms with E-state index in [0.29, 0.717) is 22.6 Å². The summed E-state index contributed by atoms with van der Waals surface area (Å²) in [4.78, 5) is 44.5. The molecule has 1 saturated heterocycles. The molecule has 0 aliphatic carbocycles. The second-order valence-electron chi connectivity index (χ2n) is 7.93. The van der Waals surface area contributed by atoms with Gasteiger partial charge in [0.25, 0.3) is 5.78 Å². The van der Waals surface area contributed by atoms with Crippen LogP contribution in [0.1, 0.15) is 38.1 Å². The summed E-state index contributed by atoms with van der Waals surface area (Å²) in [6, 6.07) is 8.46. The van der Waals surface area contributed by atoms with Crippen molar-refractivity contribution in [3.8, 4) is 5.75 Å². The van der Waals surface area contributed by atoms with Crippen molar-refractivity contribution in [1.29, 1.82) is 0 Å². The summed E-state index contributed by atoms with van der Waals surface area (Å²) in [7, 11) is 2.76. The summed E-state index contributed by atoms with van der Waals surface area (Å²) in [5, 5.41) is 11.9. The van der Waals surface area contributed by atoms with Crippen LogP contribution in [0.25, 0.3) is 5.76 Å². The molecular weight excluding hydrogens is 527 g/mol. The Hall–Kier alpha value is -3.40. The Bertz CT molecular complexity index is 1450. The zero-order valence-corrected chi connectivity index (χ0v) is 21.9. The number of ether oxygens (including phenoxy) is 2. The van der Waals surface area contributed by atoms with Gasteiger partial charge in [-0.25, -0.2) is 9.78 Å². The highest BCUT2D eigenvalue weighted by molar-refractivity contribution is 7.17. The van der Waals surface area contributed by atoms with Crippen LogP contribution in [-0.4, -0.2) is 42.0 Å². The van der Waals surface area contributed by atoms with Crippen LogP contribution in [0.3, 0.4) is 0 Å². The average molecular weight is 547 g/mol. The highest BCUT2D eigenvalue weighted by Gasteiger charge is 2.48. The Balaban J connectivity index is 1.96. The highest BCUT2D eigenvalue weighted by Crippen LogP contribution is 2.45. The molecule has 8 nitrogen and oxygen atoms in total.